The number of nitrogens with one attached hydrogen (secondary N) is 1. The Morgan fingerprint density at radius 1 is 1.20 bits per heavy atom. The van der Waals surface area contributed by atoms with Crippen molar-refractivity contribution in [2.75, 3.05) is 14.1 Å². The number of nitrogens with zero attached hydrogens (tertiary/aromatic N) is 1. The number of nitrogens with two attached hydrogens (primary N) is 1. The van der Waals surface area contributed by atoms with Crippen molar-refractivity contribution in [2.24, 2.45) is 5.84 Å². The highest BCUT2D eigenvalue weighted by Crippen LogP contribution is 2.37. The molecule has 0 bridgehead atoms. The first-order valence-corrected chi connectivity index (χ1v) is 6.93. The average molecular weight is 285 g/mol. The van der Waals surface area contributed by atoms with E-state index in [1.165, 1.54) is 0 Å². The molecule has 0 amide bonds. The molecule has 1 rings (SSSR count). The molecule has 0 aliphatic rings. The van der Waals surface area contributed by atoms with Crippen molar-refractivity contribution in [3.8, 4) is 0 Å². The largest absolute Gasteiger partial charge is 0.302 e. The highest BCUT2D eigenvalue weighted by molar-refractivity contribution is 5.30. The van der Waals surface area contributed by atoms with E-state index in [0.717, 1.165) is 12.8 Å². The molecule has 0 radical (unpaired) electrons. The topological polar surface area (TPSA) is 41.3 Å². The SMILES string of the molecule is CCC(CC)(C(NN)c1ccc(C)c(F)c1F)N(C)C. The van der Waals surface area contributed by atoms with E-state index in [-0.39, 0.29) is 11.1 Å². The minimum atomic E-state index is -0.818. The number of rotatable bonds is 6. The summed E-state index contributed by atoms with van der Waals surface area (Å²) in [5.41, 5.74) is 2.87. The van der Waals surface area contributed by atoms with Gasteiger partial charge in [0.2, 0.25) is 0 Å². The van der Waals surface area contributed by atoms with E-state index in [2.05, 4.69) is 5.43 Å². The first-order valence-electron chi connectivity index (χ1n) is 6.93. The van der Waals surface area contributed by atoms with Crippen LogP contribution in [0.1, 0.15) is 43.9 Å². The summed E-state index contributed by atoms with van der Waals surface area (Å²) in [6, 6.07) is 2.72. The van der Waals surface area contributed by atoms with Gasteiger partial charge in [-0.25, -0.2) is 8.78 Å². The second kappa shape index (κ2) is 6.61. The molecule has 1 unspecified atom stereocenters. The molecule has 114 valence electrons. The Morgan fingerprint density at radius 3 is 2.15 bits per heavy atom. The lowest BCUT2D eigenvalue weighted by molar-refractivity contribution is 0.0861. The molecule has 0 aromatic heterocycles. The van der Waals surface area contributed by atoms with Gasteiger partial charge in [0.1, 0.15) is 0 Å². The molecule has 1 aromatic rings. The van der Waals surface area contributed by atoms with Gasteiger partial charge in [0.05, 0.1) is 6.04 Å². The summed E-state index contributed by atoms with van der Waals surface area (Å²) in [7, 11) is 3.86. The summed E-state index contributed by atoms with van der Waals surface area (Å²) >= 11 is 0. The van der Waals surface area contributed by atoms with Crippen LogP contribution in [0.3, 0.4) is 0 Å². The fourth-order valence-electron chi connectivity index (χ4n) is 2.97. The molecule has 0 heterocycles. The van der Waals surface area contributed by atoms with Gasteiger partial charge in [-0.1, -0.05) is 26.0 Å². The van der Waals surface area contributed by atoms with Crippen molar-refractivity contribution in [1.82, 2.24) is 10.3 Å². The maximum absolute atomic E-state index is 14.3. The molecule has 0 fully saturated rings. The Kier molecular flexibility index (Phi) is 5.62. The minimum absolute atomic E-state index is 0.271. The smallest absolute Gasteiger partial charge is 0.163 e. The Morgan fingerprint density at radius 2 is 1.75 bits per heavy atom. The zero-order valence-corrected chi connectivity index (χ0v) is 12.9. The normalized spacial score (nSPS) is 13.8. The van der Waals surface area contributed by atoms with Crippen LogP contribution >= 0.6 is 0 Å². The molecule has 5 heteroatoms. The van der Waals surface area contributed by atoms with Crippen LogP contribution < -0.4 is 11.3 Å². The number of hydrogen-bond donors (Lipinski definition) is 2. The summed E-state index contributed by atoms with van der Waals surface area (Å²) in [6.45, 7) is 5.60. The van der Waals surface area contributed by atoms with Crippen LogP contribution in [-0.2, 0) is 0 Å². The highest BCUT2D eigenvalue weighted by Gasteiger charge is 2.40. The third kappa shape index (κ3) is 2.71. The number of halogens is 2. The molecule has 1 atom stereocenters. The monoisotopic (exact) mass is 285 g/mol. The van der Waals surface area contributed by atoms with Gasteiger partial charge in [-0.15, -0.1) is 0 Å². The standard InChI is InChI=1S/C15H25F2N3/c1-6-15(7-2,20(4)5)14(19-18)11-9-8-10(3)12(16)13(11)17/h8-9,14,19H,6-7,18H2,1-5H3. The first-order chi connectivity index (χ1) is 9.35. The van der Waals surface area contributed by atoms with E-state index in [1.54, 1.807) is 19.1 Å². The molecule has 0 aliphatic carbocycles. The molecule has 0 spiro atoms. The molecule has 3 N–H and O–H groups in total. The molecule has 0 saturated heterocycles. The summed E-state index contributed by atoms with van der Waals surface area (Å²) < 4.78 is 28.1. The van der Waals surface area contributed by atoms with E-state index < -0.39 is 17.7 Å². The van der Waals surface area contributed by atoms with Gasteiger partial charge in [-0.2, -0.15) is 0 Å². The van der Waals surface area contributed by atoms with Crippen LogP contribution in [0.2, 0.25) is 0 Å². The molecule has 20 heavy (non-hydrogen) atoms. The minimum Gasteiger partial charge on any atom is -0.302 e. The molecule has 0 aliphatic heterocycles. The third-order valence-electron chi connectivity index (χ3n) is 4.44. The first kappa shape index (κ1) is 17.0. The number of hydrogen-bond acceptors (Lipinski definition) is 3. The maximum atomic E-state index is 14.3. The highest BCUT2D eigenvalue weighted by atomic mass is 19.2. The zero-order valence-electron chi connectivity index (χ0n) is 12.9. The number of likely N-dealkylation sites (N-methyl/N-ethyl adjacent to an activating group) is 1. The second-order valence-corrected chi connectivity index (χ2v) is 5.40. The molecular weight excluding hydrogens is 260 g/mol. The van der Waals surface area contributed by atoms with Crippen molar-refractivity contribution < 1.29 is 8.78 Å². The molecule has 3 nitrogen and oxygen atoms in total. The third-order valence-corrected chi connectivity index (χ3v) is 4.44. The lowest BCUT2D eigenvalue weighted by Crippen LogP contribution is -2.55. The van der Waals surface area contributed by atoms with Gasteiger partial charge >= 0.3 is 0 Å². The Bertz CT molecular complexity index is 457. The van der Waals surface area contributed by atoms with E-state index in [1.807, 2.05) is 32.8 Å². The van der Waals surface area contributed by atoms with Crippen molar-refractivity contribution in [1.29, 1.82) is 0 Å². The van der Waals surface area contributed by atoms with Crippen LogP contribution in [0.25, 0.3) is 0 Å². The van der Waals surface area contributed by atoms with Crippen molar-refractivity contribution in [3.63, 3.8) is 0 Å². The predicted molar refractivity (Wildman–Crippen MR) is 78.2 cm³/mol. The number of aryl methyl sites for hydroxylation is 1. The summed E-state index contributed by atoms with van der Waals surface area (Å²) in [5, 5.41) is 0. The molecular formula is C15H25F2N3. The summed E-state index contributed by atoms with van der Waals surface area (Å²) in [6.07, 6.45) is 1.53. The summed E-state index contributed by atoms with van der Waals surface area (Å²) in [5.74, 6) is 4.05. The summed E-state index contributed by atoms with van der Waals surface area (Å²) in [4.78, 5) is 2.02. The lowest BCUT2D eigenvalue weighted by Gasteiger charge is -2.45. The van der Waals surface area contributed by atoms with E-state index in [4.69, 9.17) is 5.84 Å². The van der Waals surface area contributed by atoms with Gasteiger partial charge in [0.15, 0.2) is 11.6 Å². The Balaban J connectivity index is 3.42. The molecule has 0 saturated carbocycles. The maximum Gasteiger partial charge on any atom is 0.163 e. The number of hydrazine groups is 1. The van der Waals surface area contributed by atoms with Crippen LogP contribution in [0.15, 0.2) is 12.1 Å². The number of benzene rings is 1. The van der Waals surface area contributed by atoms with Gasteiger partial charge in [0, 0.05) is 11.1 Å². The lowest BCUT2D eigenvalue weighted by atomic mass is 9.79. The Labute approximate surface area is 120 Å². The van der Waals surface area contributed by atoms with Crippen molar-refractivity contribution in [2.45, 2.75) is 45.2 Å². The van der Waals surface area contributed by atoms with Gasteiger partial charge in [-0.3, -0.25) is 11.3 Å². The van der Waals surface area contributed by atoms with Gasteiger partial charge in [0.25, 0.3) is 0 Å². The predicted octanol–water partition coefficient (Wildman–Crippen LogP) is 2.90. The van der Waals surface area contributed by atoms with Crippen molar-refractivity contribution in [3.05, 3.63) is 34.9 Å². The fraction of sp³-hybridized carbons (Fsp3) is 0.600. The van der Waals surface area contributed by atoms with Crippen LogP contribution in [0, 0.1) is 18.6 Å². The van der Waals surface area contributed by atoms with Gasteiger partial charge < -0.3 is 4.90 Å². The molecule has 1 aromatic carbocycles. The second-order valence-electron chi connectivity index (χ2n) is 5.40. The van der Waals surface area contributed by atoms with Crippen molar-refractivity contribution >= 4 is 0 Å². The van der Waals surface area contributed by atoms with Crippen LogP contribution in [0.4, 0.5) is 8.78 Å². The van der Waals surface area contributed by atoms with Crippen LogP contribution in [0.5, 0.6) is 0 Å². The quantitative estimate of drug-likeness (QED) is 0.624. The van der Waals surface area contributed by atoms with Crippen LogP contribution in [-0.4, -0.2) is 24.5 Å². The average Bonchev–Trinajstić information content (AvgIpc) is 2.43. The van der Waals surface area contributed by atoms with E-state index in [0.29, 0.717) is 5.56 Å². The van der Waals surface area contributed by atoms with E-state index in [9.17, 15) is 8.78 Å². The fourth-order valence-corrected chi connectivity index (χ4v) is 2.97. The zero-order chi connectivity index (χ0) is 15.5. The van der Waals surface area contributed by atoms with Gasteiger partial charge in [-0.05, 0) is 39.4 Å². The van der Waals surface area contributed by atoms with E-state index >= 15 is 0 Å². The Hall–Kier alpha value is -1.04.